The SMILES string of the molecule is Cc1n[nH]c(=S)n1/N=C\c1ccc(Cl)cc1. The van der Waals surface area contributed by atoms with Crippen molar-refractivity contribution in [2.45, 2.75) is 6.92 Å². The minimum atomic E-state index is 0.475. The van der Waals surface area contributed by atoms with E-state index in [2.05, 4.69) is 15.3 Å². The third kappa shape index (κ3) is 2.37. The number of halogens is 1. The van der Waals surface area contributed by atoms with E-state index in [9.17, 15) is 0 Å². The first-order valence-corrected chi connectivity index (χ1v) is 5.39. The Morgan fingerprint density at radius 3 is 2.69 bits per heavy atom. The van der Waals surface area contributed by atoms with Gasteiger partial charge in [-0.2, -0.15) is 14.9 Å². The average molecular weight is 253 g/mol. The minimum absolute atomic E-state index is 0.475. The van der Waals surface area contributed by atoms with Gasteiger partial charge in [-0.15, -0.1) is 0 Å². The lowest BCUT2D eigenvalue weighted by Crippen LogP contribution is -1.93. The fourth-order valence-electron chi connectivity index (χ4n) is 1.18. The Hall–Kier alpha value is -1.46. The lowest BCUT2D eigenvalue weighted by atomic mass is 10.2. The van der Waals surface area contributed by atoms with Gasteiger partial charge in [0.2, 0.25) is 4.77 Å². The van der Waals surface area contributed by atoms with Gasteiger partial charge >= 0.3 is 0 Å². The topological polar surface area (TPSA) is 46.0 Å². The van der Waals surface area contributed by atoms with E-state index in [1.54, 1.807) is 10.9 Å². The summed E-state index contributed by atoms with van der Waals surface area (Å²) in [6.07, 6.45) is 1.70. The van der Waals surface area contributed by atoms with Gasteiger partial charge in [0.1, 0.15) is 5.82 Å². The second kappa shape index (κ2) is 4.59. The van der Waals surface area contributed by atoms with Gasteiger partial charge in [-0.25, -0.2) is 0 Å². The van der Waals surface area contributed by atoms with Crippen molar-refractivity contribution in [2.24, 2.45) is 5.10 Å². The zero-order valence-electron chi connectivity index (χ0n) is 8.51. The number of benzene rings is 1. The molecule has 0 aliphatic carbocycles. The molecule has 82 valence electrons. The van der Waals surface area contributed by atoms with E-state index >= 15 is 0 Å². The van der Waals surface area contributed by atoms with Crippen molar-refractivity contribution in [3.05, 3.63) is 45.4 Å². The van der Waals surface area contributed by atoms with E-state index in [0.717, 1.165) is 11.4 Å². The molecule has 0 amide bonds. The quantitative estimate of drug-likeness (QED) is 0.660. The summed E-state index contributed by atoms with van der Waals surface area (Å²) in [6.45, 7) is 1.82. The first kappa shape index (κ1) is 11.0. The highest BCUT2D eigenvalue weighted by Gasteiger charge is 1.96. The molecule has 0 bridgehead atoms. The van der Waals surface area contributed by atoms with Gasteiger partial charge < -0.3 is 0 Å². The predicted octanol–water partition coefficient (Wildman–Crippen LogP) is 2.78. The Labute approximate surface area is 103 Å². The van der Waals surface area contributed by atoms with Crippen LogP contribution in [0.15, 0.2) is 29.4 Å². The summed E-state index contributed by atoms with van der Waals surface area (Å²) < 4.78 is 2.03. The Morgan fingerprint density at radius 2 is 2.12 bits per heavy atom. The molecule has 0 atom stereocenters. The molecule has 0 saturated carbocycles. The van der Waals surface area contributed by atoms with E-state index in [-0.39, 0.29) is 0 Å². The molecule has 2 rings (SSSR count). The number of nitrogens with one attached hydrogen (secondary N) is 1. The first-order chi connectivity index (χ1) is 7.66. The van der Waals surface area contributed by atoms with Crippen molar-refractivity contribution in [1.82, 2.24) is 14.9 Å². The molecule has 1 N–H and O–H groups in total. The summed E-state index contributed by atoms with van der Waals surface area (Å²) in [5.41, 5.74) is 0.951. The number of aromatic amines is 1. The Balaban J connectivity index is 2.28. The molecule has 0 aliphatic rings. The maximum atomic E-state index is 5.78. The van der Waals surface area contributed by atoms with Crippen molar-refractivity contribution < 1.29 is 0 Å². The number of H-pyrrole nitrogens is 1. The minimum Gasteiger partial charge on any atom is -0.250 e. The van der Waals surface area contributed by atoms with Crippen LogP contribution in [0.2, 0.25) is 5.02 Å². The lowest BCUT2D eigenvalue weighted by molar-refractivity contribution is 0.821. The van der Waals surface area contributed by atoms with Crippen LogP contribution in [0.25, 0.3) is 0 Å². The second-order valence-corrected chi connectivity index (χ2v) is 4.01. The van der Waals surface area contributed by atoms with Crippen LogP contribution in [0.3, 0.4) is 0 Å². The normalized spacial score (nSPS) is 11.1. The fraction of sp³-hybridized carbons (Fsp3) is 0.100. The van der Waals surface area contributed by atoms with Gasteiger partial charge in [0.15, 0.2) is 0 Å². The predicted molar refractivity (Wildman–Crippen MR) is 66.6 cm³/mol. The summed E-state index contributed by atoms with van der Waals surface area (Å²) in [6, 6.07) is 7.38. The van der Waals surface area contributed by atoms with Crippen molar-refractivity contribution in [2.75, 3.05) is 0 Å². The van der Waals surface area contributed by atoms with Crippen molar-refractivity contribution in [1.29, 1.82) is 0 Å². The maximum absolute atomic E-state index is 5.78. The molecule has 6 heteroatoms. The first-order valence-electron chi connectivity index (χ1n) is 4.61. The Kier molecular flexibility index (Phi) is 3.17. The third-order valence-electron chi connectivity index (χ3n) is 2.00. The van der Waals surface area contributed by atoms with Crippen LogP contribution in [0.4, 0.5) is 0 Å². The molecule has 2 aromatic rings. The maximum Gasteiger partial charge on any atom is 0.216 e. The highest BCUT2D eigenvalue weighted by Crippen LogP contribution is 2.08. The van der Waals surface area contributed by atoms with Crippen molar-refractivity contribution >= 4 is 30.0 Å². The highest BCUT2D eigenvalue weighted by atomic mass is 35.5. The molecule has 0 spiro atoms. The fourth-order valence-corrected chi connectivity index (χ4v) is 1.53. The van der Waals surface area contributed by atoms with Crippen LogP contribution in [0.5, 0.6) is 0 Å². The summed E-state index contributed by atoms with van der Waals surface area (Å²) in [7, 11) is 0. The van der Waals surface area contributed by atoms with Gasteiger partial charge in [-0.1, -0.05) is 23.7 Å². The largest absolute Gasteiger partial charge is 0.250 e. The van der Waals surface area contributed by atoms with Crippen LogP contribution in [-0.2, 0) is 0 Å². The zero-order chi connectivity index (χ0) is 11.5. The van der Waals surface area contributed by atoms with Crippen LogP contribution in [0.1, 0.15) is 11.4 Å². The van der Waals surface area contributed by atoms with Crippen LogP contribution >= 0.6 is 23.8 Å². The van der Waals surface area contributed by atoms with Crippen molar-refractivity contribution in [3.8, 4) is 0 Å². The molecule has 4 nitrogen and oxygen atoms in total. The molecule has 1 heterocycles. The number of hydrogen-bond donors (Lipinski definition) is 1. The highest BCUT2D eigenvalue weighted by molar-refractivity contribution is 7.71. The molecule has 0 radical (unpaired) electrons. The van der Waals surface area contributed by atoms with Crippen LogP contribution < -0.4 is 0 Å². The third-order valence-corrected chi connectivity index (χ3v) is 2.52. The molecule has 1 aromatic carbocycles. The summed E-state index contributed by atoms with van der Waals surface area (Å²) in [4.78, 5) is 0. The summed E-state index contributed by atoms with van der Waals surface area (Å²) >= 11 is 10.8. The van der Waals surface area contributed by atoms with Gasteiger partial charge in [0, 0.05) is 5.02 Å². The van der Waals surface area contributed by atoms with Crippen LogP contribution in [0, 0.1) is 11.7 Å². The van der Waals surface area contributed by atoms with E-state index < -0.39 is 0 Å². The van der Waals surface area contributed by atoms with E-state index in [1.807, 2.05) is 31.2 Å². The number of rotatable bonds is 2. The van der Waals surface area contributed by atoms with Gasteiger partial charge in [-0.05, 0) is 36.8 Å². The molecule has 0 aliphatic heterocycles. The van der Waals surface area contributed by atoms with Gasteiger partial charge in [0.05, 0.1) is 6.21 Å². The summed E-state index contributed by atoms with van der Waals surface area (Å²) in [5, 5.41) is 11.5. The Morgan fingerprint density at radius 1 is 1.44 bits per heavy atom. The zero-order valence-corrected chi connectivity index (χ0v) is 10.1. The standard InChI is InChI=1S/C10H9ClN4S/c1-7-13-14-10(16)15(7)12-6-8-2-4-9(11)5-3-8/h2-6H,1H3,(H,14,16)/b12-6-. The van der Waals surface area contributed by atoms with Gasteiger partial charge in [-0.3, -0.25) is 5.10 Å². The number of nitrogens with zero attached hydrogens (tertiary/aromatic N) is 3. The van der Waals surface area contributed by atoms with Gasteiger partial charge in [0.25, 0.3) is 0 Å². The molecule has 0 unspecified atom stereocenters. The monoisotopic (exact) mass is 252 g/mol. The molecular weight excluding hydrogens is 244 g/mol. The van der Waals surface area contributed by atoms with E-state index in [1.165, 1.54) is 0 Å². The number of hydrogen-bond acceptors (Lipinski definition) is 3. The summed E-state index contributed by atoms with van der Waals surface area (Å²) in [5.74, 6) is 0.718. The number of aromatic nitrogens is 3. The van der Waals surface area contributed by atoms with E-state index in [4.69, 9.17) is 23.8 Å². The van der Waals surface area contributed by atoms with E-state index in [0.29, 0.717) is 9.79 Å². The van der Waals surface area contributed by atoms with Crippen LogP contribution in [-0.4, -0.2) is 21.1 Å². The number of aryl methyl sites for hydroxylation is 1. The molecule has 0 fully saturated rings. The molecule has 0 saturated heterocycles. The smallest absolute Gasteiger partial charge is 0.216 e. The molecule has 16 heavy (non-hydrogen) atoms. The lowest BCUT2D eigenvalue weighted by Gasteiger charge is -1.95. The van der Waals surface area contributed by atoms with Crippen molar-refractivity contribution in [3.63, 3.8) is 0 Å². The Bertz CT molecular complexity index is 567. The second-order valence-electron chi connectivity index (χ2n) is 3.18. The average Bonchev–Trinajstić information content (AvgIpc) is 2.59. The molecular formula is C10H9ClN4S. The molecule has 1 aromatic heterocycles.